The molecule has 3 heterocycles. The molecule has 1 amide bonds. The molecule has 17 heavy (non-hydrogen) atoms. The minimum Gasteiger partial charge on any atom is -0.339 e. The largest absolute Gasteiger partial charge is 0.339 e. The molecule has 2 saturated heterocycles. The van der Waals surface area contributed by atoms with Crippen molar-refractivity contribution in [1.29, 1.82) is 0 Å². The van der Waals surface area contributed by atoms with Gasteiger partial charge in [0.15, 0.2) is 0 Å². The number of nitrogens with one attached hydrogen (secondary N) is 1. The summed E-state index contributed by atoms with van der Waals surface area (Å²) in [5.41, 5.74) is 0. The molecule has 0 aromatic carbocycles. The number of piperidine rings is 1. The molecule has 0 spiro atoms. The van der Waals surface area contributed by atoms with E-state index in [0.29, 0.717) is 17.9 Å². The Balaban J connectivity index is 1.71. The first-order valence-electron chi connectivity index (χ1n) is 6.07. The van der Waals surface area contributed by atoms with Gasteiger partial charge < -0.3 is 14.7 Å². The lowest BCUT2D eigenvalue weighted by atomic mass is 9.94. The van der Waals surface area contributed by atoms with Crippen molar-refractivity contribution in [2.45, 2.75) is 25.8 Å². The Hall–Kier alpha value is -1.43. The van der Waals surface area contributed by atoms with E-state index in [1.165, 1.54) is 12.8 Å². The molecule has 1 N–H and O–H groups in total. The number of hydrogen-bond acceptors (Lipinski definition) is 5. The zero-order valence-electron chi connectivity index (χ0n) is 9.85. The van der Waals surface area contributed by atoms with Crippen molar-refractivity contribution in [1.82, 2.24) is 20.4 Å². The Labute approximate surface area is 99.4 Å². The molecule has 0 saturated carbocycles. The number of likely N-dealkylation sites (tertiary alicyclic amines) is 1. The highest BCUT2D eigenvalue weighted by Gasteiger charge is 2.37. The third kappa shape index (κ3) is 1.93. The normalized spacial score (nSPS) is 28.2. The fourth-order valence-corrected chi connectivity index (χ4v) is 2.74. The van der Waals surface area contributed by atoms with Gasteiger partial charge in [0.1, 0.15) is 0 Å². The number of carbonyl (C=O) groups excluding carboxylic acids is 1. The second kappa shape index (κ2) is 4.10. The van der Waals surface area contributed by atoms with Crippen molar-refractivity contribution in [3.63, 3.8) is 0 Å². The van der Waals surface area contributed by atoms with E-state index in [9.17, 15) is 4.79 Å². The molecule has 2 aliphatic heterocycles. The Morgan fingerprint density at radius 1 is 1.53 bits per heavy atom. The van der Waals surface area contributed by atoms with E-state index in [1.807, 2.05) is 4.90 Å². The highest BCUT2D eigenvalue weighted by molar-refractivity contribution is 5.90. The minimum absolute atomic E-state index is 0.113. The van der Waals surface area contributed by atoms with Crippen LogP contribution in [0.2, 0.25) is 0 Å². The van der Waals surface area contributed by atoms with Gasteiger partial charge in [-0.15, -0.1) is 0 Å². The van der Waals surface area contributed by atoms with E-state index in [1.54, 1.807) is 6.92 Å². The van der Waals surface area contributed by atoms with Crippen LogP contribution in [-0.4, -0.2) is 46.6 Å². The van der Waals surface area contributed by atoms with Gasteiger partial charge in [-0.1, -0.05) is 5.16 Å². The number of aromatic nitrogens is 2. The average molecular weight is 236 g/mol. The molecule has 0 bridgehead atoms. The van der Waals surface area contributed by atoms with Crippen LogP contribution in [0, 0.1) is 12.8 Å². The van der Waals surface area contributed by atoms with Crippen molar-refractivity contribution in [3.05, 3.63) is 11.7 Å². The molecule has 1 aromatic heterocycles. The van der Waals surface area contributed by atoms with E-state index < -0.39 is 0 Å². The SMILES string of the molecule is Cc1nc(C(=O)N2CC3CCCNC3C2)no1. The minimum atomic E-state index is -0.113. The zero-order chi connectivity index (χ0) is 11.8. The molecular weight excluding hydrogens is 220 g/mol. The third-order valence-electron chi connectivity index (χ3n) is 3.61. The van der Waals surface area contributed by atoms with Crippen LogP contribution in [0.5, 0.6) is 0 Å². The summed E-state index contributed by atoms with van der Waals surface area (Å²) in [4.78, 5) is 17.9. The summed E-state index contributed by atoms with van der Waals surface area (Å²) < 4.78 is 4.84. The van der Waals surface area contributed by atoms with Gasteiger partial charge in [-0.2, -0.15) is 4.98 Å². The van der Waals surface area contributed by atoms with E-state index >= 15 is 0 Å². The maximum atomic E-state index is 12.1. The van der Waals surface area contributed by atoms with Crippen LogP contribution in [0.25, 0.3) is 0 Å². The van der Waals surface area contributed by atoms with Gasteiger partial charge in [-0.25, -0.2) is 0 Å². The molecule has 6 heteroatoms. The maximum Gasteiger partial charge on any atom is 0.295 e. The van der Waals surface area contributed by atoms with E-state index in [-0.39, 0.29) is 11.7 Å². The second-order valence-corrected chi connectivity index (χ2v) is 4.81. The summed E-state index contributed by atoms with van der Waals surface area (Å²) in [5, 5.41) is 7.14. The number of carbonyl (C=O) groups is 1. The summed E-state index contributed by atoms with van der Waals surface area (Å²) in [6, 6.07) is 0.445. The lowest BCUT2D eigenvalue weighted by molar-refractivity contribution is 0.0770. The van der Waals surface area contributed by atoms with Crippen molar-refractivity contribution >= 4 is 5.91 Å². The Bertz CT molecular complexity index is 417. The average Bonchev–Trinajstić information content (AvgIpc) is 2.93. The predicted molar refractivity (Wildman–Crippen MR) is 59.5 cm³/mol. The van der Waals surface area contributed by atoms with Gasteiger partial charge in [0.05, 0.1) is 0 Å². The number of aryl methyl sites for hydroxylation is 1. The Morgan fingerprint density at radius 3 is 3.12 bits per heavy atom. The molecule has 2 atom stereocenters. The second-order valence-electron chi connectivity index (χ2n) is 4.81. The standard InChI is InChI=1S/C11H16N4O2/c1-7-13-10(14-17-7)11(16)15-5-8-3-2-4-12-9(8)6-15/h8-9,12H,2-6H2,1H3. The van der Waals surface area contributed by atoms with Gasteiger partial charge in [-0.05, 0) is 25.3 Å². The van der Waals surface area contributed by atoms with Crippen molar-refractivity contribution in [3.8, 4) is 0 Å². The topological polar surface area (TPSA) is 71.3 Å². The van der Waals surface area contributed by atoms with Crippen LogP contribution < -0.4 is 5.32 Å². The third-order valence-corrected chi connectivity index (χ3v) is 3.61. The highest BCUT2D eigenvalue weighted by atomic mass is 16.5. The molecule has 2 unspecified atom stereocenters. The van der Waals surface area contributed by atoms with E-state index in [4.69, 9.17) is 4.52 Å². The Kier molecular flexibility index (Phi) is 2.58. The van der Waals surface area contributed by atoms with Crippen LogP contribution in [-0.2, 0) is 0 Å². The van der Waals surface area contributed by atoms with Crippen LogP contribution in [0.1, 0.15) is 29.4 Å². The summed E-state index contributed by atoms with van der Waals surface area (Å²) in [6.07, 6.45) is 2.40. The van der Waals surface area contributed by atoms with Gasteiger partial charge in [0, 0.05) is 26.1 Å². The first-order chi connectivity index (χ1) is 8.24. The predicted octanol–water partition coefficient (Wildman–Crippen LogP) is 0.202. The summed E-state index contributed by atoms with van der Waals surface area (Å²) >= 11 is 0. The van der Waals surface area contributed by atoms with Gasteiger partial charge in [0.2, 0.25) is 5.89 Å². The van der Waals surface area contributed by atoms with Crippen LogP contribution in [0.15, 0.2) is 4.52 Å². The molecule has 92 valence electrons. The summed E-state index contributed by atoms with van der Waals surface area (Å²) in [6.45, 7) is 4.32. The smallest absolute Gasteiger partial charge is 0.295 e. The Morgan fingerprint density at radius 2 is 2.41 bits per heavy atom. The molecule has 6 nitrogen and oxygen atoms in total. The highest BCUT2D eigenvalue weighted by Crippen LogP contribution is 2.25. The molecule has 2 fully saturated rings. The molecule has 2 aliphatic rings. The number of rotatable bonds is 1. The molecule has 1 aromatic rings. The molecular formula is C11H16N4O2. The maximum absolute atomic E-state index is 12.1. The van der Waals surface area contributed by atoms with Crippen molar-refractivity contribution < 1.29 is 9.32 Å². The monoisotopic (exact) mass is 236 g/mol. The number of nitrogens with zero attached hydrogens (tertiary/aromatic N) is 3. The van der Waals surface area contributed by atoms with Gasteiger partial charge >= 0.3 is 0 Å². The molecule has 0 radical (unpaired) electrons. The zero-order valence-corrected chi connectivity index (χ0v) is 9.85. The number of hydrogen-bond donors (Lipinski definition) is 1. The fraction of sp³-hybridized carbons (Fsp3) is 0.727. The lowest BCUT2D eigenvalue weighted by Crippen LogP contribution is -2.41. The molecule has 0 aliphatic carbocycles. The van der Waals surface area contributed by atoms with Gasteiger partial charge in [0.25, 0.3) is 11.7 Å². The fourth-order valence-electron chi connectivity index (χ4n) is 2.74. The quantitative estimate of drug-likeness (QED) is 0.754. The summed E-state index contributed by atoms with van der Waals surface area (Å²) in [5.74, 6) is 1.09. The van der Waals surface area contributed by atoms with Crippen molar-refractivity contribution in [2.24, 2.45) is 5.92 Å². The number of amides is 1. The van der Waals surface area contributed by atoms with Gasteiger partial charge in [-0.3, -0.25) is 4.79 Å². The van der Waals surface area contributed by atoms with Crippen LogP contribution in [0.4, 0.5) is 0 Å². The molecule has 3 rings (SSSR count). The summed E-state index contributed by atoms with van der Waals surface area (Å²) in [7, 11) is 0. The van der Waals surface area contributed by atoms with Crippen LogP contribution >= 0.6 is 0 Å². The van der Waals surface area contributed by atoms with E-state index in [2.05, 4.69) is 15.5 Å². The first kappa shape index (κ1) is 10.7. The van der Waals surface area contributed by atoms with Crippen LogP contribution in [0.3, 0.4) is 0 Å². The van der Waals surface area contributed by atoms with E-state index in [0.717, 1.165) is 19.6 Å². The first-order valence-corrected chi connectivity index (χ1v) is 6.07. The lowest BCUT2D eigenvalue weighted by Gasteiger charge is -2.24. The number of fused-ring (bicyclic) bond motifs is 1. The van der Waals surface area contributed by atoms with Crippen molar-refractivity contribution in [2.75, 3.05) is 19.6 Å².